The Labute approximate surface area is 206 Å². The number of amides is 2. The first kappa shape index (κ1) is 23.2. The van der Waals surface area contributed by atoms with E-state index in [1.807, 2.05) is 41.1 Å². The second-order valence-electron chi connectivity index (χ2n) is 10.8. The minimum absolute atomic E-state index is 0.0672. The zero-order valence-electron chi connectivity index (χ0n) is 20.8. The summed E-state index contributed by atoms with van der Waals surface area (Å²) >= 11 is 1.63. The standard InChI is InChI=1S/C28H35N3O2S/c1-17(2)20-9-11-21(12-10-20)31-26(32)24-15-25-23(13-14-34-25)30(24)16-28(31,5)27(33)29-22-8-6-7-18(3)19(22)4/h9-15,17-19,22H,6-8,16H2,1-5H3,(H,29,33)/t18-,19-,22-,28-/m1/s1. The third-order valence-corrected chi connectivity index (χ3v) is 9.09. The average molecular weight is 478 g/mol. The number of carbonyl (C=O) groups is 2. The maximum Gasteiger partial charge on any atom is 0.275 e. The normalized spacial score (nSPS) is 27.3. The van der Waals surface area contributed by atoms with E-state index in [2.05, 4.69) is 45.1 Å². The van der Waals surface area contributed by atoms with E-state index in [1.54, 1.807) is 16.2 Å². The lowest BCUT2D eigenvalue weighted by molar-refractivity contribution is -0.128. The number of thiophene rings is 1. The Kier molecular flexibility index (Phi) is 5.83. The van der Waals surface area contributed by atoms with Crippen LogP contribution in [-0.2, 0) is 11.3 Å². The number of rotatable bonds is 4. The van der Waals surface area contributed by atoms with Crippen LogP contribution >= 0.6 is 11.3 Å². The highest BCUT2D eigenvalue weighted by Gasteiger charge is 2.49. The fourth-order valence-electron chi connectivity index (χ4n) is 5.74. The number of anilines is 1. The van der Waals surface area contributed by atoms with Crippen molar-refractivity contribution in [2.24, 2.45) is 11.8 Å². The molecule has 0 radical (unpaired) electrons. The minimum atomic E-state index is -1.03. The quantitative estimate of drug-likeness (QED) is 0.487. The van der Waals surface area contributed by atoms with E-state index in [4.69, 9.17) is 0 Å². The van der Waals surface area contributed by atoms with Gasteiger partial charge < -0.3 is 9.88 Å². The number of nitrogens with one attached hydrogen (secondary N) is 1. The highest BCUT2D eigenvalue weighted by atomic mass is 32.1. The molecule has 180 valence electrons. The number of hydrogen-bond donors (Lipinski definition) is 1. The zero-order chi connectivity index (χ0) is 24.2. The maximum atomic E-state index is 14.0. The van der Waals surface area contributed by atoms with Crippen LogP contribution in [0.25, 0.3) is 10.2 Å². The van der Waals surface area contributed by atoms with Gasteiger partial charge in [0.05, 0.1) is 16.8 Å². The third-order valence-electron chi connectivity index (χ3n) is 8.23. The lowest BCUT2D eigenvalue weighted by Gasteiger charge is -2.45. The molecule has 1 aliphatic carbocycles. The summed E-state index contributed by atoms with van der Waals surface area (Å²) in [4.78, 5) is 29.7. The molecule has 1 aliphatic heterocycles. The van der Waals surface area contributed by atoms with Gasteiger partial charge >= 0.3 is 0 Å². The Morgan fingerprint density at radius 1 is 1.15 bits per heavy atom. The molecule has 0 saturated heterocycles. The Morgan fingerprint density at radius 2 is 1.88 bits per heavy atom. The van der Waals surface area contributed by atoms with Gasteiger partial charge in [-0.15, -0.1) is 11.3 Å². The van der Waals surface area contributed by atoms with E-state index >= 15 is 0 Å². The van der Waals surface area contributed by atoms with Crippen molar-refractivity contribution in [1.29, 1.82) is 0 Å². The lowest BCUT2D eigenvalue weighted by atomic mass is 9.77. The van der Waals surface area contributed by atoms with Gasteiger partial charge in [0.2, 0.25) is 5.91 Å². The summed E-state index contributed by atoms with van der Waals surface area (Å²) in [5, 5.41) is 5.42. The molecule has 4 atom stereocenters. The molecule has 5 rings (SSSR count). The van der Waals surface area contributed by atoms with Crippen LogP contribution in [0.15, 0.2) is 41.8 Å². The van der Waals surface area contributed by atoms with Gasteiger partial charge in [0.1, 0.15) is 11.2 Å². The van der Waals surface area contributed by atoms with Gasteiger partial charge in [-0.25, -0.2) is 0 Å². The minimum Gasteiger partial charge on any atom is -0.351 e. The molecule has 1 aromatic carbocycles. The number of aromatic nitrogens is 1. The molecule has 1 fully saturated rings. The molecule has 3 aromatic rings. The Morgan fingerprint density at radius 3 is 2.59 bits per heavy atom. The molecule has 0 unspecified atom stereocenters. The number of carbonyl (C=O) groups excluding carboxylic acids is 2. The molecule has 1 saturated carbocycles. The SMILES string of the molecule is CC(C)c1ccc(N2C(=O)c3cc4sccc4n3C[C@]2(C)C(=O)N[C@@H]2CCC[C@@H](C)[C@H]2C)cc1. The summed E-state index contributed by atoms with van der Waals surface area (Å²) < 4.78 is 3.12. The second-order valence-corrected chi connectivity index (χ2v) is 11.7. The van der Waals surface area contributed by atoms with E-state index < -0.39 is 5.54 Å². The molecule has 2 amide bonds. The van der Waals surface area contributed by atoms with Crippen molar-refractivity contribution >= 4 is 39.1 Å². The first-order chi connectivity index (χ1) is 16.2. The number of nitrogens with zero attached hydrogens (tertiary/aromatic N) is 2. The highest BCUT2D eigenvalue weighted by Crippen LogP contribution is 2.38. The number of benzene rings is 1. The summed E-state index contributed by atoms with van der Waals surface area (Å²) in [6.45, 7) is 11.2. The molecule has 0 bridgehead atoms. The third kappa shape index (κ3) is 3.67. The van der Waals surface area contributed by atoms with Crippen molar-refractivity contribution in [3.05, 3.63) is 53.0 Å². The van der Waals surface area contributed by atoms with Crippen molar-refractivity contribution in [3.8, 4) is 0 Å². The zero-order valence-corrected chi connectivity index (χ0v) is 21.6. The summed E-state index contributed by atoms with van der Waals surface area (Å²) in [7, 11) is 0. The van der Waals surface area contributed by atoms with Gasteiger partial charge in [0.15, 0.2) is 0 Å². The van der Waals surface area contributed by atoms with Crippen molar-refractivity contribution in [2.45, 2.75) is 77.9 Å². The van der Waals surface area contributed by atoms with Crippen LogP contribution in [0, 0.1) is 11.8 Å². The highest BCUT2D eigenvalue weighted by molar-refractivity contribution is 7.17. The summed E-state index contributed by atoms with van der Waals surface area (Å²) in [5.74, 6) is 1.22. The molecule has 1 N–H and O–H groups in total. The fourth-order valence-corrected chi connectivity index (χ4v) is 6.56. The first-order valence-corrected chi connectivity index (χ1v) is 13.4. The van der Waals surface area contributed by atoms with Crippen molar-refractivity contribution < 1.29 is 9.59 Å². The molecule has 5 nitrogen and oxygen atoms in total. The molecule has 6 heteroatoms. The van der Waals surface area contributed by atoms with Gasteiger partial charge in [0.25, 0.3) is 5.91 Å². The van der Waals surface area contributed by atoms with Crippen molar-refractivity contribution in [1.82, 2.24) is 9.88 Å². The van der Waals surface area contributed by atoms with Gasteiger partial charge in [0, 0.05) is 11.7 Å². The average Bonchev–Trinajstić information content (AvgIpc) is 3.40. The Bertz CT molecular complexity index is 1220. The largest absolute Gasteiger partial charge is 0.351 e. The Balaban J connectivity index is 1.57. The van der Waals surface area contributed by atoms with Gasteiger partial charge in [-0.2, -0.15) is 0 Å². The first-order valence-electron chi connectivity index (χ1n) is 12.5. The van der Waals surface area contributed by atoms with Crippen LogP contribution in [0.3, 0.4) is 0 Å². The maximum absolute atomic E-state index is 14.0. The smallest absolute Gasteiger partial charge is 0.275 e. The molecular weight excluding hydrogens is 442 g/mol. The van der Waals surface area contributed by atoms with E-state index in [1.165, 1.54) is 12.0 Å². The van der Waals surface area contributed by atoms with E-state index in [9.17, 15) is 9.59 Å². The van der Waals surface area contributed by atoms with Gasteiger partial charge in [-0.3, -0.25) is 14.5 Å². The summed E-state index contributed by atoms with van der Waals surface area (Å²) in [6, 6.07) is 12.3. The van der Waals surface area contributed by atoms with Gasteiger partial charge in [-0.05, 0) is 66.3 Å². The molecule has 34 heavy (non-hydrogen) atoms. The predicted molar refractivity (Wildman–Crippen MR) is 140 cm³/mol. The monoisotopic (exact) mass is 477 g/mol. The topological polar surface area (TPSA) is 54.3 Å². The fraction of sp³-hybridized carbons (Fsp3) is 0.500. The van der Waals surface area contributed by atoms with Crippen LogP contribution < -0.4 is 10.2 Å². The molecular formula is C28H35N3O2S. The van der Waals surface area contributed by atoms with E-state index in [0.717, 1.165) is 28.7 Å². The molecule has 2 aromatic heterocycles. The van der Waals surface area contributed by atoms with Crippen LogP contribution in [0.5, 0.6) is 0 Å². The van der Waals surface area contributed by atoms with Crippen molar-refractivity contribution in [2.75, 3.05) is 4.90 Å². The summed E-state index contributed by atoms with van der Waals surface area (Å²) in [5.41, 5.74) is 2.64. The van der Waals surface area contributed by atoms with Crippen LogP contribution in [0.4, 0.5) is 5.69 Å². The van der Waals surface area contributed by atoms with E-state index in [0.29, 0.717) is 30.0 Å². The lowest BCUT2D eigenvalue weighted by Crippen LogP contribution is -2.66. The van der Waals surface area contributed by atoms with Crippen LogP contribution in [0.1, 0.15) is 75.9 Å². The number of fused-ring (bicyclic) bond motifs is 3. The second kappa shape index (κ2) is 8.56. The Hall–Kier alpha value is -2.60. The van der Waals surface area contributed by atoms with Gasteiger partial charge in [-0.1, -0.05) is 52.7 Å². The molecule has 0 spiro atoms. The van der Waals surface area contributed by atoms with Crippen LogP contribution in [-0.4, -0.2) is 28.0 Å². The van der Waals surface area contributed by atoms with Crippen LogP contribution in [0.2, 0.25) is 0 Å². The predicted octanol–water partition coefficient (Wildman–Crippen LogP) is 6.19. The molecule has 3 heterocycles. The summed E-state index contributed by atoms with van der Waals surface area (Å²) in [6.07, 6.45) is 3.33. The number of hydrogen-bond acceptors (Lipinski definition) is 3. The van der Waals surface area contributed by atoms with Crippen molar-refractivity contribution in [3.63, 3.8) is 0 Å². The van der Waals surface area contributed by atoms with E-state index in [-0.39, 0.29) is 17.9 Å². The molecule has 2 aliphatic rings.